The molecule has 2 rings (SSSR count). The van der Waals surface area contributed by atoms with Crippen molar-refractivity contribution >= 4 is 45.6 Å². The summed E-state index contributed by atoms with van der Waals surface area (Å²) in [7, 11) is -3.89. The van der Waals surface area contributed by atoms with Crippen molar-refractivity contribution in [3.05, 3.63) is 28.0 Å². The minimum atomic E-state index is -3.89. The number of piperidine rings is 1. The average molecular weight is 378 g/mol. The first-order valence-electron chi connectivity index (χ1n) is 6.21. The van der Waals surface area contributed by atoms with Gasteiger partial charge in [-0.05, 0) is 38.4 Å². The van der Waals surface area contributed by atoms with Crippen LogP contribution in [0.15, 0.2) is 17.0 Å². The zero-order valence-electron chi connectivity index (χ0n) is 11.2. The molecule has 2 atom stereocenters. The maximum absolute atomic E-state index is 13.1. The molecular weight excluding hydrogens is 362 g/mol. The number of sulfonamides is 1. The van der Waals surface area contributed by atoms with E-state index in [1.54, 1.807) is 0 Å². The van der Waals surface area contributed by atoms with Crippen LogP contribution in [-0.4, -0.2) is 27.0 Å². The molecule has 1 aromatic carbocycles. The molecule has 21 heavy (non-hydrogen) atoms. The van der Waals surface area contributed by atoms with Gasteiger partial charge in [0, 0.05) is 12.1 Å². The lowest BCUT2D eigenvalue weighted by Gasteiger charge is -2.30. The Bertz CT molecular complexity index is 590. The Morgan fingerprint density at radius 2 is 1.90 bits per heavy atom. The zero-order valence-corrected chi connectivity index (χ0v) is 14.3. The first-order valence-corrected chi connectivity index (χ1v) is 8.45. The molecule has 1 aromatic rings. The van der Waals surface area contributed by atoms with E-state index in [0.717, 1.165) is 31.5 Å². The molecule has 1 aliphatic heterocycles. The standard InChI is InChI=1S/C12H15Cl2FN2O2S.ClH/c1-7-11(3-2-4-16-7)17-20(18,19)12-9(13)5-8(15)6-10(12)14;/h5-7,11,16-17H,2-4H2,1H3;1H. The molecule has 0 saturated carbocycles. The average Bonchev–Trinajstić information content (AvgIpc) is 2.30. The SMILES string of the molecule is CC1NCCCC1NS(=O)(=O)c1c(Cl)cc(F)cc1Cl.Cl. The lowest BCUT2D eigenvalue weighted by Crippen LogP contribution is -2.51. The van der Waals surface area contributed by atoms with Crippen LogP contribution in [0.3, 0.4) is 0 Å². The highest BCUT2D eigenvalue weighted by Crippen LogP contribution is 2.30. The summed E-state index contributed by atoms with van der Waals surface area (Å²) in [6.07, 6.45) is 1.60. The van der Waals surface area contributed by atoms with Crippen LogP contribution in [0.25, 0.3) is 0 Å². The normalized spacial score (nSPS) is 22.7. The highest BCUT2D eigenvalue weighted by atomic mass is 35.5. The van der Waals surface area contributed by atoms with E-state index in [1.165, 1.54) is 0 Å². The van der Waals surface area contributed by atoms with Crippen LogP contribution >= 0.6 is 35.6 Å². The molecule has 1 heterocycles. The Morgan fingerprint density at radius 1 is 1.33 bits per heavy atom. The lowest BCUT2D eigenvalue weighted by atomic mass is 10.0. The summed E-state index contributed by atoms with van der Waals surface area (Å²) >= 11 is 11.6. The number of nitrogens with one attached hydrogen (secondary N) is 2. The van der Waals surface area contributed by atoms with Gasteiger partial charge >= 0.3 is 0 Å². The van der Waals surface area contributed by atoms with Crippen LogP contribution in [0.4, 0.5) is 4.39 Å². The van der Waals surface area contributed by atoms with Crippen molar-refractivity contribution < 1.29 is 12.8 Å². The predicted molar refractivity (Wildman–Crippen MR) is 84.5 cm³/mol. The Kier molecular flexibility index (Phi) is 6.71. The van der Waals surface area contributed by atoms with Crippen molar-refractivity contribution in [2.24, 2.45) is 0 Å². The monoisotopic (exact) mass is 376 g/mol. The summed E-state index contributed by atoms with van der Waals surface area (Å²) in [6.45, 7) is 2.76. The molecule has 0 aliphatic carbocycles. The second-order valence-electron chi connectivity index (χ2n) is 4.81. The fourth-order valence-electron chi connectivity index (χ4n) is 2.25. The maximum Gasteiger partial charge on any atom is 0.243 e. The van der Waals surface area contributed by atoms with Crippen LogP contribution in [0.2, 0.25) is 10.0 Å². The van der Waals surface area contributed by atoms with E-state index in [9.17, 15) is 12.8 Å². The molecular formula is C12H16Cl3FN2O2S. The number of hydrogen-bond acceptors (Lipinski definition) is 3. The lowest BCUT2D eigenvalue weighted by molar-refractivity contribution is 0.349. The molecule has 1 saturated heterocycles. The third-order valence-corrected chi connectivity index (χ3v) is 5.71. The van der Waals surface area contributed by atoms with Gasteiger partial charge in [0.15, 0.2) is 0 Å². The Balaban J connectivity index is 0.00000220. The molecule has 0 amide bonds. The third-order valence-electron chi connectivity index (χ3n) is 3.30. The van der Waals surface area contributed by atoms with Gasteiger partial charge in [0.1, 0.15) is 10.7 Å². The molecule has 2 unspecified atom stereocenters. The van der Waals surface area contributed by atoms with Crippen molar-refractivity contribution in [2.75, 3.05) is 6.54 Å². The number of rotatable bonds is 3. The van der Waals surface area contributed by atoms with Gasteiger partial charge in [0.05, 0.1) is 10.0 Å². The third kappa shape index (κ3) is 4.43. The molecule has 0 radical (unpaired) electrons. The van der Waals surface area contributed by atoms with Crippen LogP contribution in [-0.2, 0) is 10.0 Å². The Hall–Kier alpha value is -0.110. The number of benzene rings is 1. The van der Waals surface area contributed by atoms with E-state index in [-0.39, 0.29) is 39.4 Å². The quantitative estimate of drug-likeness (QED) is 0.851. The predicted octanol–water partition coefficient (Wildman–Crippen LogP) is 2.97. The maximum atomic E-state index is 13.1. The van der Waals surface area contributed by atoms with Crippen LogP contribution < -0.4 is 10.0 Å². The molecule has 1 fully saturated rings. The molecule has 2 N–H and O–H groups in total. The van der Waals surface area contributed by atoms with E-state index in [1.807, 2.05) is 6.92 Å². The van der Waals surface area contributed by atoms with E-state index >= 15 is 0 Å². The summed E-state index contributed by atoms with van der Waals surface area (Å²) in [5, 5.41) is 2.75. The van der Waals surface area contributed by atoms with Gasteiger partial charge in [-0.1, -0.05) is 23.2 Å². The summed E-state index contributed by atoms with van der Waals surface area (Å²) in [4.78, 5) is -0.278. The first kappa shape index (κ1) is 18.9. The first-order chi connectivity index (χ1) is 9.31. The minimum absolute atomic E-state index is 0. The minimum Gasteiger partial charge on any atom is -0.313 e. The van der Waals surface area contributed by atoms with E-state index in [4.69, 9.17) is 23.2 Å². The number of hydrogen-bond donors (Lipinski definition) is 2. The van der Waals surface area contributed by atoms with E-state index < -0.39 is 15.8 Å². The molecule has 9 heteroatoms. The molecule has 4 nitrogen and oxygen atoms in total. The van der Waals surface area contributed by atoms with E-state index in [2.05, 4.69) is 10.0 Å². The fraction of sp³-hybridized carbons (Fsp3) is 0.500. The van der Waals surface area contributed by atoms with Gasteiger partial charge in [-0.25, -0.2) is 17.5 Å². The fourth-order valence-corrected chi connectivity index (χ4v) is 4.79. The molecule has 0 spiro atoms. The summed E-state index contributed by atoms with van der Waals surface area (Å²) in [5.74, 6) is -0.674. The van der Waals surface area contributed by atoms with Crippen molar-refractivity contribution in [2.45, 2.75) is 36.7 Å². The van der Waals surface area contributed by atoms with Crippen molar-refractivity contribution in [1.29, 1.82) is 0 Å². The Labute approximate surface area is 139 Å². The highest BCUT2D eigenvalue weighted by Gasteiger charge is 2.29. The van der Waals surface area contributed by atoms with Gasteiger partial charge in [-0.2, -0.15) is 0 Å². The van der Waals surface area contributed by atoms with Crippen molar-refractivity contribution in [3.8, 4) is 0 Å². The molecule has 0 aromatic heterocycles. The van der Waals surface area contributed by atoms with Gasteiger partial charge < -0.3 is 5.32 Å². The van der Waals surface area contributed by atoms with Crippen LogP contribution in [0, 0.1) is 5.82 Å². The smallest absolute Gasteiger partial charge is 0.243 e. The zero-order chi connectivity index (χ0) is 14.9. The largest absolute Gasteiger partial charge is 0.313 e. The summed E-state index contributed by atoms with van der Waals surface area (Å²) < 4.78 is 40.4. The van der Waals surface area contributed by atoms with Crippen molar-refractivity contribution in [1.82, 2.24) is 10.0 Å². The van der Waals surface area contributed by atoms with Crippen molar-refractivity contribution in [3.63, 3.8) is 0 Å². The van der Waals surface area contributed by atoms with Gasteiger partial charge in [-0.3, -0.25) is 0 Å². The van der Waals surface area contributed by atoms with Crippen LogP contribution in [0.1, 0.15) is 19.8 Å². The molecule has 120 valence electrons. The van der Waals surface area contributed by atoms with Gasteiger partial charge in [0.25, 0.3) is 0 Å². The van der Waals surface area contributed by atoms with Gasteiger partial charge in [-0.15, -0.1) is 12.4 Å². The Morgan fingerprint density at radius 3 is 2.43 bits per heavy atom. The number of halogens is 4. The molecule has 1 aliphatic rings. The van der Waals surface area contributed by atoms with Gasteiger partial charge in [0.2, 0.25) is 10.0 Å². The summed E-state index contributed by atoms with van der Waals surface area (Å²) in [5.41, 5.74) is 0. The second kappa shape index (κ2) is 7.44. The second-order valence-corrected chi connectivity index (χ2v) is 7.28. The molecule has 0 bridgehead atoms. The van der Waals surface area contributed by atoms with Crippen LogP contribution in [0.5, 0.6) is 0 Å². The topological polar surface area (TPSA) is 58.2 Å². The highest BCUT2D eigenvalue weighted by molar-refractivity contribution is 7.89. The van der Waals surface area contributed by atoms with E-state index in [0.29, 0.717) is 0 Å². The summed E-state index contributed by atoms with van der Waals surface area (Å²) in [6, 6.07) is 1.64.